The van der Waals surface area contributed by atoms with Gasteiger partial charge in [0.2, 0.25) is 11.8 Å². The number of Topliss-reactive ketones (excluding diaryl/α,β-unsaturated/α-hetero) is 2. The van der Waals surface area contributed by atoms with Crippen molar-refractivity contribution >= 4 is 34.9 Å². The number of carbonyl (C=O) groups excluding carboxylic acids is 5. The zero-order valence-electron chi connectivity index (χ0n) is 20.9. The predicted molar refractivity (Wildman–Crippen MR) is 135 cm³/mol. The third-order valence-corrected chi connectivity index (χ3v) is 8.22. The maximum Gasteiger partial charge on any atom is 0.238 e. The van der Waals surface area contributed by atoms with Crippen molar-refractivity contribution in [2.45, 2.75) is 39.2 Å². The number of fused-ring (bicyclic) bond motifs is 3. The zero-order valence-corrected chi connectivity index (χ0v) is 20.9. The van der Waals surface area contributed by atoms with Crippen molar-refractivity contribution in [2.75, 3.05) is 4.90 Å². The third kappa shape index (κ3) is 3.44. The molecule has 192 valence electrons. The number of furan rings is 1. The molecule has 1 aliphatic heterocycles. The number of benzene rings is 1. The lowest BCUT2D eigenvalue weighted by Crippen LogP contribution is -2.39. The van der Waals surface area contributed by atoms with Crippen LogP contribution in [-0.4, -0.2) is 34.3 Å². The molecule has 8 nitrogen and oxygen atoms in total. The molecule has 38 heavy (non-hydrogen) atoms. The number of amides is 2. The number of hydrogen-bond donors (Lipinski definition) is 1. The van der Waals surface area contributed by atoms with E-state index in [2.05, 4.69) is 0 Å². The van der Waals surface area contributed by atoms with Gasteiger partial charge in [-0.25, -0.2) is 0 Å². The normalized spacial score (nSPS) is 26.7. The summed E-state index contributed by atoms with van der Waals surface area (Å²) in [4.78, 5) is 66.7. The SMILES string of the molecule is CC(=O)c1ccc(N2C(=O)C3CC=C4C(c5ccc(CO)o5)C5=C(CC4C3C2=O)C(=O)C=C(C)C5=O)cc1. The molecule has 6 rings (SSSR count). The molecular weight excluding hydrogens is 486 g/mol. The molecule has 1 aromatic carbocycles. The summed E-state index contributed by atoms with van der Waals surface area (Å²) in [5, 5.41) is 9.57. The highest BCUT2D eigenvalue weighted by Crippen LogP contribution is 2.55. The Morgan fingerprint density at radius 3 is 2.42 bits per heavy atom. The van der Waals surface area contributed by atoms with Crippen molar-refractivity contribution in [3.05, 3.63) is 87.9 Å². The molecule has 4 atom stereocenters. The van der Waals surface area contributed by atoms with Crippen LogP contribution in [0.25, 0.3) is 0 Å². The van der Waals surface area contributed by atoms with E-state index in [0.717, 1.165) is 5.57 Å². The molecule has 2 amide bonds. The van der Waals surface area contributed by atoms with Gasteiger partial charge in [0.05, 0.1) is 23.4 Å². The van der Waals surface area contributed by atoms with E-state index < -0.39 is 23.7 Å². The molecule has 0 saturated carbocycles. The minimum Gasteiger partial charge on any atom is -0.463 e. The number of aliphatic hydroxyl groups is 1. The zero-order chi connectivity index (χ0) is 26.9. The van der Waals surface area contributed by atoms with Crippen LogP contribution in [0.5, 0.6) is 0 Å². The van der Waals surface area contributed by atoms with Gasteiger partial charge in [0.25, 0.3) is 0 Å². The number of rotatable bonds is 4. The highest BCUT2D eigenvalue weighted by atomic mass is 16.4. The molecule has 1 N–H and O–H groups in total. The molecule has 1 aromatic heterocycles. The number of ketones is 3. The van der Waals surface area contributed by atoms with Gasteiger partial charge in [-0.3, -0.25) is 28.9 Å². The molecule has 0 spiro atoms. The van der Waals surface area contributed by atoms with E-state index in [1.165, 1.54) is 17.9 Å². The van der Waals surface area contributed by atoms with E-state index >= 15 is 0 Å². The second-order valence-electron chi connectivity index (χ2n) is 10.3. The molecule has 8 heteroatoms. The van der Waals surface area contributed by atoms with Crippen molar-refractivity contribution in [1.82, 2.24) is 0 Å². The summed E-state index contributed by atoms with van der Waals surface area (Å²) < 4.78 is 5.87. The van der Waals surface area contributed by atoms with E-state index in [0.29, 0.717) is 45.9 Å². The second kappa shape index (κ2) is 8.70. The fourth-order valence-electron chi connectivity index (χ4n) is 6.42. The highest BCUT2D eigenvalue weighted by molar-refractivity contribution is 6.25. The fourth-order valence-corrected chi connectivity index (χ4v) is 6.42. The van der Waals surface area contributed by atoms with E-state index in [1.54, 1.807) is 43.3 Å². The molecule has 0 radical (unpaired) electrons. The molecule has 3 aliphatic carbocycles. The van der Waals surface area contributed by atoms with E-state index in [-0.39, 0.29) is 42.2 Å². The van der Waals surface area contributed by atoms with Crippen LogP contribution in [0, 0.1) is 17.8 Å². The Labute approximate surface area is 218 Å². The molecule has 0 bridgehead atoms. The largest absolute Gasteiger partial charge is 0.463 e. The Hall–Kier alpha value is -4.17. The Morgan fingerprint density at radius 1 is 1.03 bits per heavy atom. The van der Waals surface area contributed by atoms with E-state index in [1.807, 2.05) is 6.08 Å². The number of imide groups is 1. The van der Waals surface area contributed by atoms with Crippen molar-refractivity contribution in [3.8, 4) is 0 Å². The number of carbonyl (C=O) groups is 5. The summed E-state index contributed by atoms with van der Waals surface area (Å²) in [7, 11) is 0. The van der Waals surface area contributed by atoms with Crippen molar-refractivity contribution in [3.63, 3.8) is 0 Å². The van der Waals surface area contributed by atoms with Crippen LogP contribution in [0.2, 0.25) is 0 Å². The number of hydrogen-bond acceptors (Lipinski definition) is 7. The van der Waals surface area contributed by atoms with E-state index in [9.17, 15) is 29.1 Å². The van der Waals surface area contributed by atoms with Gasteiger partial charge in [0, 0.05) is 22.3 Å². The molecule has 1 fully saturated rings. The summed E-state index contributed by atoms with van der Waals surface area (Å²) in [5.41, 5.74) is 2.70. The Balaban J connectivity index is 1.44. The van der Waals surface area contributed by atoms with Crippen LogP contribution in [0.3, 0.4) is 0 Å². The first-order valence-corrected chi connectivity index (χ1v) is 12.6. The maximum atomic E-state index is 13.9. The number of anilines is 1. The first-order valence-electron chi connectivity index (χ1n) is 12.6. The molecule has 4 aliphatic rings. The van der Waals surface area contributed by atoms with Gasteiger partial charge >= 0.3 is 0 Å². The minimum atomic E-state index is -0.700. The van der Waals surface area contributed by atoms with Crippen molar-refractivity contribution in [2.24, 2.45) is 17.8 Å². The average Bonchev–Trinajstić information content (AvgIpc) is 3.48. The van der Waals surface area contributed by atoms with Gasteiger partial charge in [-0.15, -0.1) is 0 Å². The fraction of sp³-hybridized carbons (Fsp3) is 0.300. The number of allylic oxidation sites excluding steroid dienone is 6. The molecule has 2 heterocycles. The Morgan fingerprint density at radius 2 is 1.76 bits per heavy atom. The van der Waals surface area contributed by atoms with Gasteiger partial charge < -0.3 is 9.52 Å². The summed E-state index contributed by atoms with van der Waals surface area (Å²) in [6.45, 7) is 2.73. The summed E-state index contributed by atoms with van der Waals surface area (Å²) in [6.07, 6.45) is 3.74. The van der Waals surface area contributed by atoms with Crippen molar-refractivity contribution < 1.29 is 33.5 Å². The molecular formula is C30H25NO7. The van der Waals surface area contributed by atoms with Crippen LogP contribution >= 0.6 is 0 Å². The van der Waals surface area contributed by atoms with Gasteiger partial charge in [0.1, 0.15) is 18.1 Å². The molecule has 1 saturated heterocycles. The lowest BCUT2D eigenvalue weighted by molar-refractivity contribution is -0.123. The summed E-state index contributed by atoms with van der Waals surface area (Å²) >= 11 is 0. The smallest absolute Gasteiger partial charge is 0.238 e. The third-order valence-electron chi connectivity index (χ3n) is 8.22. The molecule has 4 unspecified atom stereocenters. The first-order chi connectivity index (χ1) is 18.2. The number of nitrogens with zero attached hydrogens (tertiary/aromatic N) is 1. The lowest BCUT2D eigenvalue weighted by Gasteiger charge is -2.41. The van der Waals surface area contributed by atoms with Crippen LogP contribution in [0.4, 0.5) is 5.69 Å². The van der Waals surface area contributed by atoms with E-state index in [4.69, 9.17) is 4.42 Å². The van der Waals surface area contributed by atoms with Crippen LogP contribution in [-0.2, 0) is 25.8 Å². The number of aliphatic hydroxyl groups excluding tert-OH is 1. The maximum absolute atomic E-state index is 13.9. The summed E-state index contributed by atoms with van der Waals surface area (Å²) in [6, 6.07) is 9.69. The minimum absolute atomic E-state index is 0.117. The molecule has 2 aromatic rings. The second-order valence-corrected chi connectivity index (χ2v) is 10.3. The lowest BCUT2D eigenvalue weighted by atomic mass is 9.60. The highest BCUT2D eigenvalue weighted by Gasteiger charge is 2.57. The van der Waals surface area contributed by atoms with Gasteiger partial charge in [-0.05, 0) is 75.1 Å². The summed E-state index contributed by atoms with van der Waals surface area (Å²) in [5.74, 6) is -3.01. The van der Waals surface area contributed by atoms with Gasteiger partial charge in [0.15, 0.2) is 17.3 Å². The van der Waals surface area contributed by atoms with Crippen molar-refractivity contribution in [1.29, 1.82) is 0 Å². The predicted octanol–water partition coefficient (Wildman–Crippen LogP) is 3.61. The van der Waals surface area contributed by atoms with Gasteiger partial charge in [-0.1, -0.05) is 11.6 Å². The standard InChI is InChI=1S/C30H25NO7/c1-14-11-23(34)22-12-21-19(26(27(22)28(14)35)24-10-7-18(13-32)38-24)8-9-20-25(21)30(37)31(29(20)36)17-5-3-16(4-6-17)15(2)33/h3-8,10-11,20-21,25-26,32H,9,12-13H2,1-2H3. The topological polar surface area (TPSA) is 122 Å². The van der Waals surface area contributed by atoms with Crippen LogP contribution in [0.1, 0.15) is 54.5 Å². The average molecular weight is 512 g/mol. The van der Waals surface area contributed by atoms with Crippen LogP contribution < -0.4 is 4.90 Å². The van der Waals surface area contributed by atoms with Gasteiger partial charge in [-0.2, -0.15) is 0 Å². The monoisotopic (exact) mass is 511 g/mol. The Bertz CT molecular complexity index is 1530. The first kappa shape index (κ1) is 24.2. The Kier molecular flexibility index (Phi) is 5.54. The quantitative estimate of drug-likeness (QED) is 0.288. The van der Waals surface area contributed by atoms with Crippen LogP contribution in [0.15, 0.2) is 75.3 Å².